The molecular formula is C14H26O3. The van der Waals surface area contributed by atoms with E-state index < -0.39 is 6.16 Å². The zero-order valence-electron chi connectivity index (χ0n) is 11.1. The van der Waals surface area contributed by atoms with Gasteiger partial charge in [-0.25, -0.2) is 4.79 Å². The molecule has 0 aliphatic carbocycles. The van der Waals surface area contributed by atoms with Crippen LogP contribution in [0.4, 0.5) is 4.79 Å². The Kier molecular flexibility index (Phi) is 12.3. The number of carbonyl (C=O) groups excluding carboxylic acids is 1. The van der Waals surface area contributed by atoms with Crippen molar-refractivity contribution in [1.29, 1.82) is 0 Å². The van der Waals surface area contributed by atoms with Crippen molar-refractivity contribution in [3.63, 3.8) is 0 Å². The lowest BCUT2D eigenvalue weighted by Crippen LogP contribution is -2.07. The first kappa shape index (κ1) is 16.0. The topological polar surface area (TPSA) is 35.5 Å². The minimum atomic E-state index is -0.545. The van der Waals surface area contributed by atoms with Gasteiger partial charge in [-0.3, -0.25) is 0 Å². The van der Waals surface area contributed by atoms with Crippen molar-refractivity contribution in [2.75, 3.05) is 13.2 Å². The van der Waals surface area contributed by atoms with E-state index in [-0.39, 0.29) is 0 Å². The highest BCUT2D eigenvalue weighted by molar-refractivity contribution is 5.59. The van der Waals surface area contributed by atoms with E-state index >= 15 is 0 Å². The van der Waals surface area contributed by atoms with Gasteiger partial charge in [0.25, 0.3) is 0 Å². The van der Waals surface area contributed by atoms with Crippen LogP contribution in [0.1, 0.15) is 58.3 Å². The van der Waals surface area contributed by atoms with Gasteiger partial charge < -0.3 is 9.47 Å². The quantitative estimate of drug-likeness (QED) is 0.305. The lowest BCUT2D eigenvalue weighted by molar-refractivity contribution is 0.0578. The lowest BCUT2D eigenvalue weighted by atomic mass is 10.1. The zero-order chi connectivity index (χ0) is 12.8. The Morgan fingerprint density at radius 1 is 1.00 bits per heavy atom. The van der Waals surface area contributed by atoms with Crippen LogP contribution in [0.3, 0.4) is 0 Å². The highest BCUT2D eigenvalue weighted by atomic mass is 16.7. The number of unbranched alkanes of at least 4 members (excludes halogenated alkanes) is 7. The van der Waals surface area contributed by atoms with Gasteiger partial charge >= 0.3 is 6.16 Å². The Hall–Kier alpha value is -0.990. The first-order valence-electron chi connectivity index (χ1n) is 6.71. The Morgan fingerprint density at radius 2 is 1.59 bits per heavy atom. The van der Waals surface area contributed by atoms with Gasteiger partial charge in [-0.15, -0.1) is 6.58 Å². The maximum atomic E-state index is 10.8. The molecule has 0 aromatic carbocycles. The van der Waals surface area contributed by atoms with Gasteiger partial charge in [-0.05, 0) is 26.2 Å². The molecule has 0 atom stereocenters. The molecule has 17 heavy (non-hydrogen) atoms. The Bertz CT molecular complexity index is 190. The van der Waals surface area contributed by atoms with Crippen LogP contribution in [0.25, 0.3) is 0 Å². The summed E-state index contributed by atoms with van der Waals surface area (Å²) in [5.74, 6) is 0. The van der Waals surface area contributed by atoms with E-state index in [9.17, 15) is 4.79 Å². The van der Waals surface area contributed by atoms with Gasteiger partial charge in [0, 0.05) is 0 Å². The first-order chi connectivity index (χ1) is 8.31. The van der Waals surface area contributed by atoms with Crippen LogP contribution in [0.2, 0.25) is 0 Å². The summed E-state index contributed by atoms with van der Waals surface area (Å²) in [6.07, 6.45) is 11.0. The third kappa shape index (κ3) is 12.9. The molecule has 0 rings (SSSR count). The van der Waals surface area contributed by atoms with Crippen molar-refractivity contribution in [3.8, 4) is 0 Å². The largest absolute Gasteiger partial charge is 0.508 e. The van der Waals surface area contributed by atoms with Crippen LogP contribution in [0.5, 0.6) is 0 Å². The van der Waals surface area contributed by atoms with Crippen molar-refractivity contribution in [1.82, 2.24) is 0 Å². The van der Waals surface area contributed by atoms with Gasteiger partial charge in [0.2, 0.25) is 0 Å². The molecule has 0 spiro atoms. The molecule has 100 valence electrons. The van der Waals surface area contributed by atoms with E-state index in [4.69, 9.17) is 4.74 Å². The molecule has 0 aliphatic rings. The summed E-state index contributed by atoms with van der Waals surface area (Å²) in [4.78, 5) is 10.8. The summed E-state index contributed by atoms with van der Waals surface area (Å²) >= 11 is 0. The SMILES string of the molecule is C=CCCCCCCCCCOC(=O)OCC. The fraction of sp³-hybridized carbons (Fsp3) is 0.786. The molecule has 0 bridgehead atoms. The number of hydrogen-bond donors (Lipinski definition) is 0. The van der Waals surface area contributed by atoms with Crippen LogP contribution in [-0.2, 0) is 9.47 Å². The van der Waals surface area contributed by atoms with Crippen molar-refractivity contribution in [2.24, 2.45) is 0 Å². The number of carbonyl (C=O) groups is 1. The third-order valence-corrected chi connectivity index (χ3v) is 2.53. The second kappa shape index (κ2) is 13.1. The van der Waals surface area contributed by atoms with E-state index in [0.717, 1.165) is 19.3 Å². The molecule has 0 radical (unpaired) electrons. The molecule has 0 saturated carbocycles. The van der Waals surface area contributed by atoms with E-state index in [1.807, 2.05) is 6.08 Å². The van der Waals surface area contributed by atoms with E-state index in [1.165, 1.54) is 32.1 Å². The highest BCUT2D eigenvalue weighted by Gasteiger charge is 2.00. The Morgan fingerprint density at radius 3 is 2.18 bits per heavy atom. The minimum absolute atomic E-state index is 0.379. The smallest absolute Gasteiger partial charge is 0.435 e. The first-order valence-corrected chi connectivity index (χ1v) is 6.71. The van der Waals surface area contributed by atoms with Crippen LogP contribution in [-0.4, -0.2) is 19.4 Å². The summed E-state index contributed by atoms with van der Waals surface area (Å²) < 4.78 is 9.53. The standard InChI is InChI=1S/C14H26O3/c1-3-5-6-7-8-9-10-11-12-13-17-14(15)16-4-2/h3H,1,4-13H2,2H3. The second-order valence-electron chi connectivity index (χ2n) is 4.08. The Balaban J connectivity index is 3.03. The van der Waals surface area contributed by atoms with Crippen LogP contribution in [0, 0.1) is 0 Å². The molecule has 0 saturated heterocycles. The van der Waals surface area contributed by atoms with Gasteiger partial charge in [0.15, 0.2) is 0 Å². The van der Waals surface area contributed by atoms with Crippen molar-refractivity contribution >= 4 is 6.16 Å². The molecule has 0 unspecified atom stereocenters. The fourth-order valence-electron chi connectivity index (χ4n) is 1.59. The predicted molar refractivity (Wildman–Crippen MR) is 70.1 cm³/mol. The number of allylic oxidation sites excluding steroid dienone is 1. The van der Waals surface area contributed by atoms with Crippen LogP contribution < -0.4 is 0 Å². The molecule has 0 N–H and O–H groups in total. The summed E-state index contributed by atoms with van der Waals surface area (Å²) in [5, 5.41) is 0. The van der Waals surface area contributed by atoms with Gasteiger partial charge in [0.1, 0.15) is 0 Å². The highest BCUT2D eigenvalue weighted by Crippen LogP contribution is 2.08. The monoisotopic (exact) mass is 242 g/mol. The third-order valence-electron chi connectivity index (χ3n) is 2.53. The van der Waals surface area contributed by atoms with Crippen molar-refractivity contribution in [2.45, 2.75) is 58.3 Å². The normalized spacial score (nSPS) is 9.94. The van der Waals surface area contributed by atoms with Gasteiger partial charge in [0.05, 0.1) is 13.2 Å². The van der Waals surface area contributed by atoms with Crippen molar-refractivity contribution < 1.29 is 14.3 Å². The zero-order valence-corrected chi connectivity index (χ0v) is 11.1. The van der Waals surface area contributed by atoms with Crippen LogP contribution >= 0.6 is 0 Å². The number of rotatable bonds is 11. The molecule has 0 amide bonds. The maximum Gasteiger partial charge on any atom is 0.508 e. The second-order valence-corrected chi connectivity index (χ2v) is 4.08. The van der Waals surface area contributed by atoms with Gasteiger partial charge in [-0.1, -0.05) is 38.2 Å². The van der Waals surface area contributed by atoms with E-state index in [1.54, 1.807) is 6.92 Å². The molecule has 3 nitrogen and oxygen atoms in total. The molecule has 0 aliphatic heterocycles. The summed E-state index contributed by atoms with van der Waals surface area (Å²) in [5.41, 5.74) is 0. The summed E-state index contributed by atoms with van der Waals surface area (Å²) in [7, 11) is 0. The van der Waals surface area contributed by atoms with Crippen LogP contribution in [0.15, 0.2) is 12.7 Å². The molecule has 0 heterocycles. The summed E-state index contributed by atoms with van der Waals surface area (Å²) in [6.45, 7) is 6.34. The average Bonchev–Trinajstić information content (AvgIpc) is 2.32. The molecular weight excluding hydrogens is 216 g/mol. The number of hydrogen-bond acceptors (Lipinski definition) is 3. The van der Waals surface area contributed by atoms with E-state index in [0.29, 0.717) is 13.2 Å². The Labute approximate surface area is 105 Å². The molecule has 0 fully saturated rings. The molecule has 3 heteroatoms. The van der Waals surface area contributed by atoms with Gasteiger partial charge in [-0.2, -0.15) is 0 Å². The maximum absolute atomic E-state index is 10.8. The average molecular weight is 242 g/mol. The lowest BCUT2D eigenvalue weighted by Gasteiger charge is -2.04. The minimum Gasteiger partial charge on any atom is -0.435 e. The molecule has 0 aromatic heterocycles. The predicted octanol–water partition coefficient (Wildman–Crippen LogP) is 4.47. The summed E-state index contributed by atoms with van der Waals surface area (Å²) in [6, 6.07) is 0. The number of ether oxygens (including phenoxy) is 2. The van der Waals surface area contributed by atoms with Crippen molar-refractivity contribution in [3.05, 3.63) is 12.7 Å². The molecule has 0 aromatic rings. The van der Waals surface area contributed by atoms with E-state index in [2.05, 4.69) is 11.3 Å². The fourth-order valence-corrected chi connectivity index (χ4v) is 1.59.